The molecule has 0 aliphatic carbocycles. The van der Waals surface area contributed by atoms with Crippen LogP contribution in [0.25, 0.3) is 0 Å². The molecule has 1 unspecified atom stereocenters. The van der Waals surface area contributed by atoms with Crippen LogP contribution in [0, 0.1) is 12.7 Å². The predicted octanol–water partition coefficient (Wildman–Crippen LogP) is 5.10. The molecule has 0 aromatic heterocycles. The number of hydrogen-bond donors (Lipinski definition) is 1. The minimum Gasteiger partial charge on any atom is -0.497 e. The number of nitrogens with one attached hydrogen (secondary N) is 1. The molecule has 3 aromatic rings. The van der Waals surface area contributed by atoms with E-state index in [1.54, 1.807) is 25.3 Å². The Morgan fingerprint density at radius 3 is 2.69 bits per heavy atom. The van der Waals surface area contributed by atoms with Crippen molar-refractivity contribution in [2.24, 2.45) is 0 Å². The number of hydrogen-bond acceptors (Lipinski definition) is 4. The van der Waals surface area contributed by atoms with Gasteiger partial charge >= 0.3 is 0 Å². The summed E-state index contributed by atoms with van der Waals surface area (Å²) in [4.78, 5) is 26.6. The maximum absolute atomic E-state index is 14.5. The summed E-state index contributed by atoms with van der Waals surface area (Å²) in [5, 5.41) is 2.55. The van der Waals surface area contributed by atoms with Crippen LogP contribution in [0.15, 0.2) is 66.7 Å². The van der Waals surface area contributed by atoms with Crippen molar-refractivity contribution < 1.29 is 18.7 Å². The van der Waals surface area contributed by atoms with Crippen LogP contribution in [0.4, 0.5) is 15.8 Å². The fourth-order valence-electron chi connectivity index (χ4n) is 3.64. The van der Waals surface area contributed by atoms with Gasteiger partial charge in [0.25, 0.3) is 0 Å². The minimum absolute atomic E-state index is 0.140. The third-order valence-corrected chi connectivity index (χ3v) is 6.42. The Bertz CT molecular complexity index is 1150. The van der Waals surface area contributed by atoms with E-state index in [1.807, 2.05) is 49.4 Å². The average Bonchev–Trinajstić information content (AvgIpc) is 3.17. The van der Waals surface area contributed by atoms with Gasteiger partial charge in [-0.05, 0) is 60.0 Å². The highest BCUT2D eigenvalue weighted by Crippen LogP contribution is 2.43. The number of methoxy groups -OCH3 is 1. The third-order valence-electron chi connectivity index (χ3n) is 5.21. The van der Waals surface area contributed by atoms with Gasteiger partial charge < -0.3 is 10.1 Å². The number of carbonyl (C=O) groups excluding carboxylic acids is 2. The number of amides is 2. The smallest absolute Gasteiger partial charge is 0.238 e. The maximum Gasteiger partial charge on any atom is 0.238 e. The lowest BCUT2D eigenvalue weighted by Crippen LogP contribution is -2.28. The number of anilines is 2. The summed E-state index contributed by atoms with van der Waals surface area (Å²) in [6, 6.07) is 19.4. The summed E-state index contributed by atoms with van der Waals surface area (Å²) in [5.41, 5.74) is 3.48. The molecular formula is C25H23FN2O3S. The molecule has 0 radical (unpaired) electrons. The number of rotatable bonds is 6. The molecular weight excluding hydrogens is 427 g/mol. The van der Waals surface area contributed by atoms with Gasteiger partial charge in [0, 0.05) is 5.69 Å². The fourth-order valence-corrected chi connectivity index (χ4v) is 4.80. The van der Waals surface area contributed by atoms with Crippen LogP contribution in [0.2, 0.25) is 0 Å². The van der Waals surface area contributed by atoms with Gasteiger partial charge in [0.2, 0.25) is 11.8 Å². The van der Waals surface area contributed by atoms with Crippen molar-refractivity contribution in [3.05, 3.63) is 89.2 Å². The van der Waals surface area contributed by atoms with E-state index < -0.39 is 5.82 Å². The first-order chi connectivity index (χ1) is 15.4. The highest BCUT2D eigenvalue weighted by molar-refractivity contribution is 8.00. The Morgan fingerprint density at radius 2 is 1.94 bits per heavy atom. The average molecular weight is 451 g/mol. The number of thioether (sulfide) groups is 1. The highest BCUT2D eigenvalue weighted by Gasteiger charge is 2.35. The van der Waals surface area contributed by atoms with E-state index >= 15 is 0 Å². The first kappa shape index (κ1) is 21.9. The monoisotopic (exact) mass is 450 g/mol. The first-order valence-electron chi connectivity index (χ1n) is 10.2. The van der Waals surface area contributed by atoms with E-state index in [0.29, 0.717) is 5.69 Å². The van der Waals surface area contributed by atoms with Crippen molar-refractivity contribution in [1.82, 2.24) is 0 Å². The molecule has 0 saturated carbocycles. The second-order valence-electron chi connectivity index (χ2n) is 7.58. The molecule has 1 aliphatic rings. The molecule has 0 bridgehead atoms. The summed E-state index contributed by atoms with van der Waals surface area (Å²) < 4.78 is 19.7. The quantitative estimate of drug-likeness (QED) is 0.568. The summed E-state index contributed by atoms with van der Waals surface area (Å²) in [6.45, 7) is 1.87. The van der Waals surface area contributed by atoms with Gasteiger partial charge in [-0.1, -0.05) is 30.3 Å². The van der Waals surface area contributed by atoms with Crippen LogP contribution < -0.4 is 15.0 Å². The van der Waals surface area contributed by atoms with Crippen molar-refractivity contribution in [1.29, 1.82) is 0 Å². The van der Waals surface area contributed by atoms with Crippen molar-refractivity contribution >= 4 is 35.0 Å². The summed E-state index contributed by atoms with van der Waals surface area (Å²) in [6.07, 6.45) is 0.228. The lowest BCUT2D eigenvalue weighted by atomic mass is 10.1. The van der Waals surface area contributed by atoms with Crippen LogP contribution in [0.1, 0.15) is 22.1 Å². The van der Waals surface area contributed by atoms with Crippen molar-refractivity contribution in [2.45, 2.75) is 18.7 Å². The van der Waals surface area contributed by atoms with Crippen LogP contribution in [0.3, 0.4) is 0 Å². The Balaban J connectivity index is 1.52. The Morgan fingerprint density at radius 1 is 1.16 bits per heavy atom. The number of nitrogens with zero attached hydrogens (tertiary/aromatic N) is 1. The van der Waals surface area contributed by atoms with Crippen LogP contribution in [0.5, 0.6) is 5.75 Å². The van der Waals surface area contributed by atoms with Crippen molar-refractivity contribution in [3.8, 4) is 5.75 Å². The first-order valence-corrected chi connectivity index (χ1v) is 11.2. The fraction of sp³-hybridized carbons (Fsp3) is 0.200. The van der Waals surface area contributed by atoms with E-state index in [9.17, 15) is 14.0 Å². The second-order valence-corrected chi connectivity index (χ2v) is 8.65. The van der Waals surface area contributed by atoms with Crippen LogP contribution in [-0.2, 0) is 16.0 Å². The molecule has 1 atom stereocenters. The van der Waals surface area contributed by atoms with Gasteiger partial charge in [0.1, 0.15) is 16.9 Å². The number of carbonyl (C=O) groups is 2. The topological polar surface area (TPSA) is 58.6 Å². The molecule has 5 nitrogen and oxygen atoms in total. The molecule has 1 aliphatic heterocycles. The molecule has 1 fully saturated rings. The number of aryl methyl sites for hydroxylation is 1. The van der Waals surface area contributed by atoms with Gasteiger partial charge in [-0.15, -0.1) is 11.8 Å². The highest BCUT2D eigenvalue weighted by atomic mass is 32.2. The van der Waals surface area contributed by atoms with Gasteiger partial charge in [0.15, 0.2) is 0 Å². The molecule has 3 aromatic carbocycles. The Hall–Kier alpha value is -3.32. The van der Waals surface area contributed by atoms with Crippen LogP contribution in [-0.4, -0.2) is 24.7 Å². The SMILES string of the molecule is COc1ccc(CC(=O)Nc2cccc(C3SCC(=O)N3c3cc(C)ccc3F)c2)cc1. The molecule has 1 N–H and O–H groups in total. The standard InChI is InChI=1S/C25H23FN2O3S/c1-16-6-11-21(26)22(12-16)28-24(30)15-32-25(28)18-4-3-5-19(14-18)27-23(29)13-17-7-9-20(31-2)10-8-17/h3-12,14,25H,13,15H2,1-2H3,(H,27,29). The third kappa shape index (κ3) is 4.78. The number of halogens is 1. The summed E-state index contributed by atoms with van der Waals surface area (Å²) in [5.74, 6) is 0.287. The predicted molar refractivity (Wildman–Crippen MR) is 126 cm³/mol. The van der Waals surface area contributed by atoms with E-state index in [1.165, 1.54) is 22.7 Å². The van der Waals surface area contributed by atoms with Gasteiger partial charge in [0.05, 0.1) is 25.0 Å². The molecule has 4 rings (SSSR count). The summed E-state index contributed by atoms with van der Waals surface area (Å²) >= 11 is 1.44. The second kappa shape index (κ2) is 9.44. The zero-order valence-electron chi connectivity index (χ0n) is 17.8. The largest absolute Gasteiger partial charge is 0.497 e. The molecule has 7 heteroatoms. The van der Waals surface area contributed by atoms with E-state index in [-0.39, 0.29) is 35.0 Å². The Kier molecular flexibility index (Phi) is 6.46. The van der Waals surface area contributed by atoms with Gasteiger partial charge in [-0.25, -0.2) is 4.39 Å². The van der Waals surface area contributed by atoms with Crippen molar-refractivity contribution in [3.63, 3.8) is 0 Å². The lowest BCUT2D eigenvalue weighted by molar-refractivity contribution is -0.116. The molecule has 1 heterocycles. The molecule has 32 heavy (non-hydrogen) atoms. The van der Waals surface area contributed by atoms with Crippen molar-refractivity contribution in [2.75, 3.05) is 23.1 Å². The number of benzene rings is 3. The molecule has 2 amide bonds. The molecule has 1 saturated heterocycles. The van der Waals surface area contributed by atoms with E-state index in [0.717, 1.165) is 22.4 Å². The summed E-state index contributed by atoms with van der Waals surface area (Å²) in [7, 11) is 1.60. The van der Waals surface area contributed by atoms with E-state index in [4.69, 9.17) is 4.74 Å². The minimum atomic E-state index is -0.430. The normalized spacial score (nSPS) is 15.7. The zero-order valence-corrected chi connectivity index (χ0v) is 18.6. The molecule has 0 spiro atoms. The van der Waals surface area contributed by atoms with Gasteiger partial charge in [-0.3, -0.25) is 14.5 Å². The maximum atomic E-state index is 14.5. The number of ether oxygens (including phenoxy) is 1. The molecule has 164 valence electrons. The Labute approximate surface area is 190 Å². The van der Waals surface area contributed by atoms with Gasteiger partial charge in [-0.2, -0.15) is 0 Å². The van der Waals surface area contributed by atoms with Crippen LogP contribution >= 0.6 is 11.8 Å². The van der Waals surface area contributed by atoms with E-state index in [2.05, 4.69) is 5.32 Å². The zero-order chi connectivity index (χ0) is 22.7. The lowest BCUT2D eigenvalue weighted by Gasteiger charge is -2.25.